The standard InChI is InChI=1S/C17H28N4O.HI/c1-14-6-3-4-12-21(14)13-5-11-19-17(18)20-15-7-9-16(22-2)10-8-15;/h7-10,14H,3-6,11-13H2,1-2H3,(H3,18,19,20);1H. The highest BCUT2D eigenvalue weighted by atomic mass is 127. The van der Waals surface area contributed by atoms with Gasteiger partial charge in [-0.25, -0.2) is 0 Å². The number of methoxy groups -OCH3 is 1. The van der Waals surface area contributed by atoms with E-state index in [1.165, 1.54) is 25.8 Å². The summed E-state index contributed by atoms with van der Waals surface area (Å²) in [4.78, 5) is 6.96. The second-order valence-corrected chi connectivity index (χ2v) is 5.85. The average Bonchev–Trinajstić information content (AvgIpc) is 2.54. The number of halogens is 1. The van der Waals surface area contributed by atoms with Crippen molar-refractivity contribution in [3.05, 3.63) is 24.3 Å². The Morgan fingerprint density at radius 3 is 2.74 bits per heavy atom. The van der Waals surface area contributed by atoms with Crippen LogP contribution >= 0.6 is 24.0 Å². The number of aliphatic imine (C=N–C) groups is 1. The van der Waals surface area contributed by atoms with Crippen LogP contribution in [0.25, 0.3) is 0 Å². The number of benzene rings is 1. The van der Waals surface area contributed by atoms with Crippen LogP contribution in [0.3, 0.4) is 0 Å². The number of likely N-dealkylation sites (tertiary alicyclic amines) is 1. The van der Waals surface area contributed by atoms with Crippen molar-refractivity contribution in [1.29, 1.82) is 0 Å². The second-order valence-electron chi connectivity index (χ2n) is 5.85. The number of nitrogens with zero attached hydrogens (tertiary/aromatic N) is 2. The van der Waals surface area contributed by atoms with E-state index in [4.69, 9.17) is 10.5 Å². The summed E-state index contributed by atoms with van der Waals surface area (Å²) in [7, 11) is 1.65. The highest BCUT2D eigenvalue weighted by molar-refractivity contribution is 14.0. The Morgan fingerprint density at radius 2 is 2.09 bits per heavy atom. The molecule has 6 heteroatoms. The Balaban J connectivity index is 0.00000264. The van der Waals surface area contributed by atoms with Crippen molar-refractivity contribution < 1.29 is 4.74 Å². The zero-order valence-electron chi connectivity index (χ0n) is 14.1. The summed E-state index contributed by atoms with van der Waals surface area (Å²) in [5.74, 6) is 1.30. The molecule has 0 amide bonds. The van der Waals surface area contributed by atoms with Gasteiger partial charge < -0.3 is 20.7 Å². The predicted molar refractivity (Wildman–Crippen MR) is 108 cm³/mol. The van der Waals surface area contributed by atoms with Gasteiger partial charge in [-0.1, -0.05) is 6.42 Å². The smallest absolute Gasteiger partial charge is 0.193 e. The molecule has 5 nitrogen and oxygen atoms in total. The normalized spacial score (nSPS) is 19.0. The Bertz CT molecular complexity index is 478. The summed E-state index contributed by atoms with van der Waals surface area (Å²) in [6.45, 7) is 5.42. The van der Waals surface area contributed by atoms with Crippen LogP contribution in [0, 0.1) is 0 Å². The number of piperidine rings is 1. The fraction of sp³-hybridized carbons (Fsp3) is 0.588. The van der Waals surface area contributed by atoms with Gasteiger partial charge in [0.2, 0.25) is 0 Å². The zero-order valence-corrected chi connectivity index (χ0v) is 16.5. The third-order valence-corrected chi connectivity index (χ3v) is 4.19. The third-order valence-electron chi connectivity index (χ3n) is 4.19. The molecule has 1 aromatic carbocycles. The lowest BCUT2D eigenvalue weighted by Crippen LogP contribution is -2.38. The largest absolute Gasteiger partial charge is 0.497 e. The number of guanidine groups is 1. The van der Waals surface area contributed by atoms with Crippen LogP contribution in [-0.2, 0) is 0 Å². The quantitative estimate of drug-likeness (QED) is 0.314. The molecule has 3 N–H and O–H groups in total. The zero-order chi connectivity index (χ0) is 15.8. The van der Waals surface area contributed by atoms with Crippen LogP contribution in [0.15, 0.2) is 29.3 Å². The lowest BCUT2D eigenvalue weighted by Gasteiger charge is -2.33. The predicted octanol–water partition coefficient (Wildman–Crippen LogP) is 3.30. The minimum absolute atomic E-state index is 0. The van der Waals surface area contributed by atoms with Crippen LogP contribution in [0.4, 0.5) is 5.69 Å². The van der Waals surface area contributed by atoms with Crippen LogP contribution in [-0.4, -0.2) is 43.6 Å². The van der Waals surface area contributed by atoms with Crippen molar-refractivity contribution in [3.8, 4) is 5.75 Å². The molecular weight excluding hydrogens is 403 g/mol. The van der Waals surface area contributed by atoms with E-state index < -0.39 is 0 Å². The maximum Gasteiger partial charge on any atom is 0.193 e. The minimum atomic E-state index is 0. The van der Waals surface area contributed by atoms with Gasteiger partial charge in [-0.05, 0) is 57.0 Å². The molecule has 1 aromatic rings. The van der Waals surface area contributed by atoms with E-state index >= 15 is 0 Å². The molecule has 1 aliphatic heterocycles. The number of hydrogen-bond acceptors (Lipinski definition) is 3. The fourth-order valence-electron chi connectivity index (χ4n) is 2.82. The van der Waals surface area contributed by atoms with Gasteiger partial charge >= 0.3 is 0 Å². The summed E-state index contributed by atoms with van der Waals surface area (Å²) in [5.41, 5.74) is 6.84. The molecule has 1 unspecified atom stereocenters. The average molecular weight is 432 g/mol. The second kappa shape index (κ2) is 10.7. The van der Waals surface area contributed by atoms with Crippen molar-refractivity contribution in [2.45, 2.75) is 38.6 Å². The van der Waals surface area contributed by atoms with Gasteiger partial charge in [0, 0.05) is 24.8 Å². The molecule has 1 heterocycles. The first-order chi connectivity index (χ1) is 10.7. The summed E-state index contributed by atoms with van der Waals surface area (Å²) >= 11 is 0. The fourth-order valence-corrected chi connectivity index (χ4v) is 2.82. The van der Waals surface area contributed by atoms with Gasteiger partial charge in [-0.3, -0.25) is 4.99 Å². The lowest BCUT2D eigenvalue weighted by atomic mass is 10.0. The van der Waals surface area contributed by atoms with Gasteiger partial charge in [0.1, 0.15) is 5.75 Å². The molecular formula is C17H29IN4O. The summed E-state index contributed by atoms with van der Waals surface area (Å²) in [6.07, 6.45) is 5.07. The minimum Gasteiger partial charge on any atom is -0.497 e. The highest BCUT2D eigenvalue weighted by Crippen LogP contribution is 2.16. The third kappa shape index (κ3) is 6.95. The topological polar surface area (TPSA) is 62.9 Å². The summed E-state index contributed by atoms with van der Waals surface area (Å²) in [6, 6.07) is 8.36. The molecule has 1 saturated heterocycles. The molecule has 2 rings (SSSR count). The van der Waals surface area contributed by atoms with Gasteiger partial charge in [-0.2, -0.15) is 0 Å². The molecule has 0 radical (unpaired) electrons. The molecule has 130 valence electrons. The Labute approximate surface area is 156 Å². The molecule has 23 heavy (non-hydrogen) atoms. The summed E-state index contributed by atoms with van der Waals surface area (Å²) in [5, 5.41) is 3.10. The van der Waals surface area contributed by atoms with Gasteiger partial charge in [0.15, 0.2) is 5.96 Å². The van der Waals surface area contributed by atoms with Crippen molar-refractivity contribution in [3.63, 3.8) is 0 Å². The van der Waals surface area contributed by atoms with Crippen molar-refractivity contribution >= 4 is 35.6 Å². The molecule has 1 aliphatic rings. The molecule has 0 aromatic heterocycles. The number of hydrogen-bond donors (Lipinski definition) is 2. The van der Waals surface area contributed by atoms with Crippen molar-refractivity contribution in [1.82, 2.24) is 4.90 Å². The molecule has 1 atom stereocenters. The van der Waals surface area contributed by atoms with E-state index in [1.54, 1.807) is 7.11 Å². The van der Waals surface area contributed by atoms with Gasteiger partial charge in [-0.15, -0.1) is 24.0 Å². The van der Waals surface area contributed by atoms with Crippen molar-refractivity contribution in [2.24, 2.45) is 10.7 Å². The van der Waals surface area contributed by atoms with E-state index in [-0.39, 0.29) is 24.0 Å². The van der Waals surface area contributed by atoms with E-state index in [2.05, 4.69) is 22.1 Å². The summed E-state index contributed by atoms with van der Waals surface area (Å²) < 4.78 is 5.13. The van der Waals surface area contributed by atoms with Crippen molar-refractivity contribution in [2.75, 3.05) is 32.1 Å². The maximum atomic E-state index is 5.92. The maximum absolute atomic E-state index is 5.92. The SMILES string of the molecule is COc1ccc(NC(N)=NCCCN2CCCCC2C)cc1.I. The van der Waals surface area contributed by atoms with E-state index in [0.717, 1.165) is 30.9 Å². The number of nitrogens with one attached hydrogen (secondary N) is 1. The van der Waals surface area contributed by atoms with Crippen LogP contribution in [0.2, 0.25) is 0 Å². The molecule has 0 spiro atoms. The van der Waals surface area contributed by atoms with Crippen LogP contribution in [0.5, 0.6) is 5.75 Å². The molecule has 0 aliphatic carbocycles. The van der Waals surface area contributed by atoms with Gasteiger partial charge in [0.05, 0.1) is 7.11 Å². The first kappa shape index (κ1) is 20.0. The molecule has 1 fully saturated rings. The van der Waals surface area contributed by atoms with Crippen LogP contribution in [0.1, 0.15) is 32.6 Å². The van der Waals surface area contributed by atoms with E-state index in [0.29, 0.717) is 12.0 Å². The molecule has 0 saturated carbocycles. The van der Waals surface area contributed by atoms with E-state index in [1.807, 2.05) is 24.3 Å². The Hall–Kier alpha value is -1.02. The Kier molecular flexibility index (Phi) is 9.31. The number of anilines is 1. The number of ether oxygens (including phenoxy) is 1. The first-order valence-corrected chi connectivity index (χ1v) is 8.14. The number of nitrogens with two attached hydrogens (primary N) is 1. The monoisotopic (exact) mass is 432 g/mol. The van der Waals surface area contributed by atoms with Crippen LogP contribution < -0.4 is 15.8 Å². The lowest BCUT2D eigenvalue weighted by molar-refractivity contribution is 0.160. The Morgan fingerprint density at radius 1 is 1.35 bits per heavy atom. The van der Waals surface area contributed by atoms with Gasteiger partial charge in [0.25, 0.3) is 0 Å². The number of rotatable bonds is 6. The molecule has 0 bridgehead atoms. The highest BCUT2D eigenvalue weighted by Gasteiger charge is 2.16. The van der Waals surface area contributed by atoms with E-state index in [9.17, 15) is 0 Å². The first-order valence-electron chi connectivity index (χ1n) is 8.14.